The first kappa shape index (κ1) is 26.1. The van der Waals surface area contributed by atoms with Gasteiger partial charge in [0.05, 0.1) is 19.3 Å². The number of β-amino-alcohol motifs (C(OH)–C–C–N with tert-alkyl or cyclic N) is 1. The summed E-state index contributed by atoms with van der Waals surface area (Å²) in [7, 11) is 1.33. The Labute approximate surface area is 191 Å². The maximum absolute atomic E-state index is 13.4. The van der Waals surface area contributed by atoms with E-state index in [2.05, 4.69) is 10.6 Å². The molecule has 0 saturated carbocycles. The Morgan fingerprint density at radius 3 is 2.53 bits per heavy atom. The molecule has 32 heavy (non-hydrogen) atoms. The average Bonchev–Trinajstić information content (AvgIpc) is 2.69. The van der Waals surface area contributed by atoms with E-state index in [0.717, 1.165) is 11.3 Å². The lowest BCUT2D eigenvalue weighted by atomic mass is 9.80. The number of benzene rings is 1. The quantitative estimate of drug-likeness (QED) is 0.484. The highest BCUT2D eigenvalue weighted by Gasteiger charge is 2.34. The molecule has 2 rings (SSSR count). The van der Waals surface area contributed by atoms with Gasteiger partial charge in [-0.25, -0.2) is 4.79 Å². The molecule has 1 heterocycles. The lowest BCUT2D eigenvalue weighted by Gasteiger charge is -2.37. The summed E-state index contributed by atoms with van der Waals surface area (Å²) in [6.07, 6.45) is 0.208. The Hall–Kier alpha value is -2.16. The van der Waals surface area contributed by atoms with E-state index in [0.29, 0.717) is 25.9 Å². The average molecular weight is 449 g/mol. The van der Waals surface area contributed by atoms with Gasteiger partial charge in [0.25, 0.3) is 0 Å². The Morgan fingerprint density at radius 1 is 1.25 bits per heavy atom. The standard InChI is InChI=1S/C24H40N4O4/c1-23(2,3)26-14-20(29)18(25)12-24(4,5)13-21(30)28-15-17(27-22(31)32-6)11-16-9-7-8-10-19(16)28/h7-10,17-18,20,26,29H,11-15,25H2,1-6H3,(H,27,31)/t17?,18-,20-/m0/s1. The Kier molecular flexibility index (Phi) is 8.67. The molecule has 0 spiro atoms. The molecule has 5 N–H and O–H groups in total. The molecule has 180 valence electrons. The van der Waals surface area contributed by atoms with Crippen LogP contribution in [-0.4, -0.2) is 61.0 Å². The molecular weight excluding hydrogens is 408 g/mol. The second kappa shape index (κ2) is 10.6. The Balaban J connectivity index is 2.06. The van der Waals surface area contributed by atoms with Crippen molar-refractivity contribution < 1.29 is 19.4 Å². The number of para-hydroxylation sites is 1. The molecule has 1 aromatic rings. The van der Waals surface area contributed by atoms with Crippen molar-refractivity contribution in [3.63, 3.8) is 0 Å². The first-order valence-corrected chi connectivity index (χ1v) is 11.2. The van der Waals surface area contributed by atoms with Gasteiger partial charge in [0.15, 0.2) is 0 Å². The molecule has 0 bridgehead atoms. The number of aliphatic hydroxyl groups is 1. The van der Waals surface area contributed by atoms with Crippen LogP contribution in [0.15, 0.2) is 24.3 Å². The molecule has 0 aliphatic carbocycles. The zero-order chi connectivity index (χ0) is 24.1. The van der Waals surface area contributed by atoms with Crippen molar-refractivity contribution in [2.75, 3.05) is 25.1 Å². The number of aliphatic hydroxyl groups excluding tert-OH is 1. The lowest BCUT2D eigenvalue weighted by molar-refractivity contribution is -0.120. The van der Waals surface area contributed by atoms with Crippen LogP contribution in [0.2, 0.25) is 0 Å². The summed E-state index contributed by atoms with van der Waals surface area (Å²) in [5, 5.41) is 16.5. The first-order valence-electron chi connectivity index (χ1n) is 11.2. The number of alkyl carbamates (subject to hydrolysis) is 1. The molecular formula is C24H40N4O4. The van der Waals surface area contributed by atoms with E-state index in [-0.39, 0.29) is 23.9 Å². The SMILES string of the molecule is COC(=O)NC1Cc2ccccc2N(C(=O)CC(C)(C)C[C@H](N)[C@@H](O)CNC(C)(C)C)C1. The summed E-state index contributed by atoms with van der Waals surface area (Å²) in [6, 6.07) is 7.07. The van der Waals surface area contributed by atoms with Gasteiger partial charge in [-0.1, -0.05) is 32.0 Å². The summed E-state index contributed by atoms with van der Waals surface area (Å²) in [6.45, 7) is 10.9. The van der Waals surface area contributed by atoms with Crippen LogP contribution < -0.4 is 21.3 Å². The monoisotopic (exact) mass is 448 g/mol. The van der Waals surface area contributed by atoms with Crippen LogP contribution in [0.3, 0.4) is 0 Å². The van der Waals surface area contributed by atoms with Crippen molar-refractivity contribution in [3.8, 4) is 0 Å². The van der Waals surface area contributed by atoms with Gasteiger partial charge in [0, 0.05) is 36.8 Å². The second-order valence-corrected chi connectivity index (χ2v) is 10.6. The summed E-state index contributed by atoms with van der Waals surface area (Å²) in [4.78, 5) is 26.8. The minimum atomic E-state index is -0.701. The lowest BCUT2D eigenvalue weighted by Crippen LogP contribution is -2.51. The number of carbonyl (C=O) groups excluding carboxylic acids is 2. The van der Waals surface area contributed by atoms with E-state index >= 15 is 0 Å². The summed E-state index contributed by atoms with van der Waals surface area (Å²) in [5.74, 6) is -0.0340. The highest BCUT2D eigenvalue weighted by Crippen LogP contribution is 2.32. The number of amides is 2. The number of nitrogens with two attached hydrogens (primary N) is 1. The largest absolute Gasteiger partial charge is 0.453 e. The first-order chi connectivity index (χ1) is 14.8. The zero-order valence-corrected chi connectivity index (χ0v) is 20.3. The van der Waals surface area contributed by atoms with Gasteiger partial charge in [-0.05, 0) is 50.7 Å². The summed E-state index contributed by atoms with van der Waals surface area (Å²) >= 11 is 0. The fraction of sp³-hybridized carbons (Fsp3) is 0.667. The molecule has 1 aromatic carbocycles. The third-order valence-electron chi connectivity index (χ3n) is 5.71. The van der Waals surface area contributed by atoms with Crippen molar-refractivity contribution in [1.82, 2.24) is 10.6 Å². The second-order valence-electron chi connectivity index (χ2n) is 10.6. The van der Waals surface area contributed by atoms with E-state index in [1.807, 2.05) is 58.9 Å². The highest BCUT2D eigenvalue weighted by atomic mass is 16.5. The van der Waals surface area contributed by atoms with Crippen molar-refractivity contribution in [3.05, 3.63) is 29.8 Å². The van der Waals surface area contributed by atoms with Gasteiger partial charge in [-0.15, -0.1) is 0 Å². The van der Waals surface area contributed by atoms with Crippen LogP contribution in [0.5, 0.6) is 0 Å². The molecule has 0 saturated heterocycles. The molecule has 3 atom stereocenters. The maximum atomic E-state index is 13.4. The van der Waals surface area contributed by atoms with E-state index in [9.17, 15) is 14.7 Å². The fourth-order valence-corrected chi connectivity index (χ4v) is 4.07. The van der Waals surface area contributed by atoms with Gasteiger partial charge in [0.2, 0.25) is 5.91 Å². The Bertz CT molecular complexity index is 790. The molecule has 0 radical (unpaired) electrons. The number of methoxy groups -OCH3 is 1. The van der Waals surface area contributed by atoms with E-state index < -0.39 is 23.7 Å². The molecule has 1 aliphatic heterocycles. The topological polar surface area (TPSA) is 117 Å². The number of anilines is 1. The predicted octanol–water partition coefficient (Wildman–Crippen LogP) is 2.18. The van der Waals surface area contributed by atoms with E-state index in [1.165, 1.54) is 7.11 Å². The van der Waals surface area contributed by atoms with E-state index in [4.69, 9.17) is 10.5 Å². The molecule has 8 nitrogen and oxygen atoms in total. The summed E-state index contributed by atoms with van der Waals surface area (Å²) < 4.78 is 4.73. The number of rotatable bonds is 8. The molecule has 2 amide bonds. The zero-order valence-electron chi connectivity index (χ0n) is 20.3. The van der Waals surface area contributed by atoms with Gasteiger partial charge >= 0.3 is 6.09 Å². The number of nitrogens with one attached hydrogen (secondary N) is 2. The van der Waals surface area contributed by atoms with Crippen molar-refractivity contribution in [2.24, 2.45) is 11.1 Å². The molecule has 8 heteroatoms. The molecule has 1 unspecified atom stereocenters. The van der Waals surface area contributed by atoms with Crippen molar-refractivity contribution in [1.29, 1.82) is 0 Å². The van der Waals surface area contributed by atoms with Crippen LogP contribution in [0.4, 0.5) is 10.5 Å². The van der Waals surface area contributed by atoms with Crippen molar-refractivity contribution >= 4 is 17.7 Å². The van der Waals surface area contributed by atoms with Gasteiger partial charge in [-0.2, -0.15) is 0 Å². The predicted molar refractivity (Wildman–Crippen MR) is 127 cm³/mol. The van der Waals surface area contributed by atoms with Gasteiger partial charge < -0.3 is 31.1 Å². The Morgan fingerprint density at radius 2 is 1.91 bits per heavy atom. The normalized spacial score (nSPS) is 18.5. The minimum Gasteiger partial charge on any atom is -0.453 e. The molecule has 0 aromatic heterocycles. The number of ether oxygens (including phenoxy) is 1. The summed E-state index contributed by atoms with van der Waals surface area (Å²) in [5.41, 5.74) is 7.64. The number of fused-ring (bicyclic) bond motifs is 1. The van der Waals surface area contributed by atoms with Gasteiger partial charge in [-0.3, -0.25) is 4.79 Å². The molecule has 0 fully saturated rings. The van der Waals surface area contributed by atoms with Crippen LogP contribution in [0.25, 0.3) is 0 Å². The molecule has 1 aliphatic rings. The number of hydrogen-bond donors (Lipinski definition) is 4. The fourth-order valence-electron chi connectivity index (χ4n) is 4.07. The number of nitrogens with zero attached hydrogens (tertiary/aromatic N) is 1. The number of carbonyl (C=O) groups is 2. The van der Waals surface area contributed by atoms with Crippen LogP contribution in [0.1, 0.15) is 53.0 Å². The van der Waals surface area contributed by atoms with Gasteiger partial charge in [0.1, 0.15) is 0 Å². The highest BCUT2D eigenvalue weighted by molar-refractivity contribution is 5.95. The minimum absolute atomic E-state index is 0.0340. The van der Waals surface area contributed by atoms with Crippen LogP contribution in [-0.2, 0) is 16.0 Å². The smallest absolute Gasteiger partial charge is 0.407 e. The van der Waals surface area contributed by atoms with Crippen LogP contribution >= 0.6 is 0 Å². The van der Waals surface area contributed by atoms with E-state index in [1.54, 1.807) is 4.90 Å². The maximum Gasteiger partial charge on any atom is 0.407 e. The third kappa shape index (κ3) is 7.76. The number of hydrogen-bond acceptors (Lipinski definition) is 6. The van der Waals surface area contributed by atoms with Crippen molar-refractivity contribution in [2.45, 2.75) is 77.6 Å². The third-order valence-corrected chi connectivity index (χ3v) is 5.71. The van der Waals surface area contributed by atoms with Crippen LogP contribution in [0, 0.1) is 5.41 Å².